The van der Waals surface area contributed by atoms with Gasteiger partial charge in [-0.15, -0.1) is 0 Å². The molecular formula is C14H35NS2Si2. The Morgan fingerprint density at radius 2 is 1.00 bits per heavy atom. The molecule has 0 aromatic rings. The molecule has 0 amide bonds. The first kappa shape index (κ1) is 20.1. The minimum Gasteiger partial charge on any atom is -0.315 e. The third-order valence-electron chi connectivity index (χ3n) is 2.84. The van der Waals surface area contributed by atoms with Crippen LogP contribution < -0.4 is 5.32 Å². The molecule has 0 bridgehead atoms. The van der Waals surface area contributed by atoms with Crippen LogP contribution in [0.1, 0.15) is 0 Å². The molecule has 19 heavy (non-hydrogen) atoms. The molecule has 0 atom stereocenters. The summed E-state index contributed by atoms with van der Waals surface area (Å²) in [5.41, 5.74) is 0. The maximum Gasteiger partial charge on any atom is 0.0450 e. The van der Waals surface area contributed by atoms with E-state index in [1.807, 2.05) is 0 Å². The molecule has 0 aliphatic heterocycles. The van der Waals surface area contributed by atoms with Crippen LogP contribution in [0.4, 0.5) is 0 Å². The Morgan fingerprint density at radius 1 is 0.632 bits per heavy atom. The van der Waals surface area contributed by atoms with Crippen LogP contribution in [0.15, 0.2) is 0 Å². The van der Waals surface area contributed by atoms with Gasteiger partial charge < -0.3 is 5.32 Å². The van der Waals surface area contributed by atoms with E-state index in [9.17, 15) is 0 Å². The maximum absolute atomic E-state index is 3.56. The van der Waals surface area contributed by atoms with Gasteiger partial charge in [-0.05, 0) is 23.6 Å². The smallest absolute Gasteiger partial charge is 0.0450 e. The summed E-state index contributed by atoms with van der Waals surface area (Å²) in [6.45, 7) is 17.1. The second kappa shape index (κ2) is 10.8. The fourth-order valence-electron chi connectivity index (χ4n) is 1.37. The van der Waals surface area contributed by atoms with Gasteiger partial charge in [-0.3, -0.25) is 0 Å². The minimum absolute atomic E-state index is 0.804. The van der Waals surface area contributed by atoms with E-state index >= 15 is 0 Å². The molecule has 0 aromatic heterocycles. The fraction of sp³-hybridized carbons (Fsp3) is 1.00. The van der Waals surface area contributed by atoms with Gasteiger partial charge in [0.1, 0.15) is 0 Å². The molecule has 1 nitrogen and oxygen atoms in total. The van der Waals surface area contributed by atoms with Crippen LogP contribution in [0.3, 0.4) is 0 Å². The predicted molar refractivity (Wildman–Crippen MR) is 104 cm³/mol. The second-order valence-corrected chi connectivity index (χ2v) is 21.3. The Hall–Kier alpha value is 1.09. The molecule has 0 spiro atoms. The van der Waals surface area contributed by atoms with E-state index in [4.69, 9.17) is 0 Å². The Balaban J connectivity index is 3.12. The van der Waals surface area contributed by atoms with Gasteiger partial charge in [0.15, 0.2) is 0 Å². The zero-order valence-corrected chi connectivity index (χ0v) is 17.6. The highest BCUT2D eigenvalue weighted by atomic mass is 32.2. The van der Waals surface area contributed by atoms with Crippen molar-refractivity contribution in [2.75, 3.05) is 36.1 Å². The monoisotopic (exact) mass is 337 g/mol. The average molecular weight is 338 g/mol. The molecule has 116 valence electrons. The van der Waals surface area contributed by atoms with E-state index < -0.39 is 16.1 Å². The summed E-state index contributed by atoms with van der Waals surface area (Å²) in [4.78, 5) is 0. The van der Waals surface area contributed by atoms with E-state index in [1.165, 1.54) is 48.2 Å². The Bertz CT molecular complexity index is 190. The third-order valence-corrected chi connectivity index (χ3v) is 9.04. The zero-order chi connectivity index (χ0) is 14.8. The van der Waals surface area contributed by atoms with Crippen molar-refractivity contribution in [1.82, 2.24) is 5.32 Å². The molecule has 0 saturated heterocycles. The predicted octanol–water partition coefficient (Wildman–Crippen LogP) is 4.72. The van der Waals surface area contributed by atoms with Crippen LogP contribution in [0.2, 0.25) is 51.4 Å². The highest BCUT2D eigenvalue weighted by molar-refractivity contribution is 7.99. The summed E-state index contributed by atoms with van der Waals surface area (Å²) >= 11 is 4.25. The van der Waals surface area contributed by atoms with Crippen LogP contribution in [-0.2, 0) is 0 Å². The lowest BCUT2D eigenvalue weighted by Crippen LogP contribution is -2.23. The van der Waals surface area contributed by atoms with Crippen molar-refractivity contribution in [1.29, 1.82) is 0 Å². The van der Waals surface area contributed by atoms with Gasteiger partial charge in [0, 0.05) is 40.7 Å². The molecule has 5 heteroatoms. The van der Waals surface area contributed by atoms with Gasteiger partial charge in [0.2, 0.25) is 0 Å². The molecule has 0 fully saturated rings. The molecule has 0 saturated carbocycles. The van der Waals surface area contributed by atoms with Crippen LogP contribution >= 0.6 is 23.5 Å². The van der Waals surface area contributed by atoms with E-state index in [2.05, 4.69) is 68.1 Å². The highest BCUT2D eigenvalue weighted by Crippen LogP contribution is 2.14. The van der Waals surface area contributed by atoms with Crippen molar-refractivity contribution in [3.8, 4) is 0 Å². The molecular weight excluding hydrogens is 302 g/mol. The number of hydrogen-bond donors (Lipinski definition) is 1. The number of nitrogens with one attached hydrogen (secondary N) is 1. The maximum atomic E-state index is 3.56. The first-order valence-corrected chi connectivity index (χ1v) is 17.3. The SMILES string of the molecule is C[Si](C)(C)CCSCCNCCSCC[Si](C)(C)C. The first-order valence-electron chi connectivity index (χ1n) is 7.57. The third kappa shape index (κ3) is 19.1. The van der Waals surface area contributed by atoms with Crippen molar-refractivity contribution in [3.05, 3.63) is 0 Å². The second-order valence-electron chi connectivity index (χ2n) is 7.60. The number of thioether (sulfide) groups is 2. The first-order chi connectivity index (χ1) is 8.71. The van der Waals surface area contributed by atoms with E-state index in [1.54, 1.807) is 0 Å². The van der Waals surface area contributed by atoms with E-state index in [0.29, 0.717) is 0 Å². The van der Waals surface area contributed by atoms with Crippen molar-refractivity contribution < 1.29 is 0 Å². The van der Waals surface area contributed by atoms with Crippen LogP contribution in [0.25, 0.3) is 0 Å². The van der Waals surface area contributed by atoms with Crippen LogP contribution in [0, 0.1) is 0 Å². The van der Waals surface area contributed by atoms with Gasteiger partial charge in [-0.1, -0.05) is 39.3 Å². The summed E-state index contributed by atoms with van der Waals surface area (Å²) in [5.74, 6) is 5.29. The molecule has 0 unspecified atom stereocenters. The molecule has 0 rings (SSSR count). The standard InChI is InChI=1S/C14H35NS2Si2/c1-18(2,3)13-11-16-9-7-15-8-10-17-12-14-19(4,5)6/h15H,7-14H2,1-6H3. The van der Waals surface area contributed by atoms with E-state index in [-0.39, 0.29) is 0 Å². The Labute approximate surface area is 132 Å². The van der Waals surface area contributed by atoms with Gasteiger partial charge in [-0.2, -0.15) is 23.5 Å². The van der Waals surface area contributed by atoms with Crippen LogP contribution in [-0.4, -0.2) is 52.2 Å². The molecule has 0 radical (unpaired) electrons. The minimum atomic E-state index is -0.804. The van der Waals surface area contributed by atoms with Gasteiger partial charge in [-0.25, -0.2) is 0 Å². The summed E-state index contributed by atoms with van der Waals surface area (Å²) in [6.07, 6.45) is 0. The number of hydrogen-bond acceptors (Lipinski definition) is 3. The summed E-state index contributed by atoms with van der Waals surface area (Å²) in [7, 11) is -1.61. The lowest BCUT2D eigenvalue weighted by Gasteiger charge is -2.15. The number of rotatable bonds is 12. The summed E-state index contributed by atoms with van der Waals surface area (Å²) < 4.78 is 0. The molecule has 0 aromatic carbocycles. The quantitative estimate of drug-likeness (QED) is 0.409. The zero-order valence-electron chi connectivity index (χ0n) is 14.0. The Kier molecular flexibility index (Phi) is 11.4. The highest BCUT2D eigenvalue weighted by Gasteiger charge is 2.12. The average Bonchev–Trinajstić information content (AvgIpc) is 2.22. The van der Waals surface area contributed by atoms with Crippen molar-refractivity contribution in [2.24, 2.45) is 0 Å². The largest absolute Gasteiger partial charge is 0.315 e. The molecule has 0 heterocycles. The lowest BCUT2D eigenvalue weighted by molar-refractivity contribution is 0.774. The Morgan fingerprint density at radius 3 is 1.32 bits per heavy atom. The molecule has 0 aliphatic rings. The summed E-state index contributed by atoms with van der Waals surface area (Å²) in [6, 6.07) is 2.93. The normalized spacial score (nSPS) is 12.9. The lowest BCUT2D eigenvalue weighted by atomic mass is 10.7. The van der Waals surface area contributed by atoms with Gasteiger partial charge in [0.25, 0.3) is 0 Å². The van der Waals surface area contributed by atoms with Crippen molar-refractivity contribution in [3.63, 3.8) is 0 Å². The topological polar surface area (TPSA) is 12.0 Å². The van der Waals surface area contributed by atoms with Gasteiger partial charge >= 0.3 is 0 Å². The van der Waals surface area contributed by atoms with Crippen molar-refractivity contribution >= 4 is 39.7 Å². The fourth-order valence-corrected chi connectivity index (χ4v) is 8.41. The van der Waals surface area contributed by atoms with Crippen LogP contribution in [0.5, 0.6) is 0 Å². The summed E-state index contributed by atoms with van der Waals surface area (Å²) in [5, 5.41) is 3.56. The molecule has 0 aliphatic carbocycles. The van der Waals surface area contributed by atoms with Gasteiger partial charge in [0.05, 0.1) is 0 Å². The van der Waals surface area contributed by atoms with E-state index in [0.717, 1.165) is 0 Å². The molecule has 1 N–H and O–H groups in total. The van der Waals surface area contributed by atoms with Crippen molar-refractivity contribution in [2.45, 2.75) is 51.4 Å².